The van der Waals surface area contributed by atoms with Gasteiger partial charge in [-0.1, -0.05) is 30.7 Å². The number of likely N-dealkylation sites (tertiary alicyclic amines) is 1. The van der Waals surface area contributed by atoms with Crippen molar-refractivity contribution < 1.29 is 5.11 Å². The minimum Gasteiger partial charge on any atom is -0.507 e. The highest BCUT2D eigenvalue weighted by molar-refractivity contribution is 5.96. The first kappa shape index (κ1) is 12.2. The van der Waals surface area contributed by atoms with Crippen molar-refractivity contribution in [2.24, 2.45) is 0 Å². The zero-order valence-electron chi connectivity index (χ0n) is 11.9. The van der Waals surface area contributed by atoms with Gasteiger partial charge in [0, 0.05) is 17.5 Å². The van der Waals surface area contributed by atoms with Crippen LogP contribution >= 0.6 is 0 Å². The molecule has 1 N–H and O–H groups in total. The van der Waals surface area contributed by atoms with Crippen LogP contribution in [0.4, 0.5) is 0 Å². The fraction of sp³-hybridized carbons (Fsp3) is 0.444. The van der Waals surface area contributed by atoms with E-state index in [1.807, 2.05) is 0 Å². The molecule has 1 saturated heterocycles. The number of piperidine rings is 1. The summed E-state index contributed by atoms with van der Waals surface area (Å²) < 4.78 is 0. The van der Waals surface area contributed by atoms with Gasteiger partial charge >= 0.3 is 0 Å². The molecule has 1 aliphatic heterocycles. The fourth-order valence-electron chi connectivity index (χ4n) is 3.85. The highest BCUT2D eigenvalue weighted by atomic mass is 16.3. The van der Waals surface area contributed by atoms with Gasteiger partial charge in [0.1, 0.15) is 5.75 Å². The van der Waals surface area contributed by atoms with Crippen LogP contribution in [-0.4, -0.2) is 23.1 Å². The lowest BCUT2D eigenvalue weighted by atomic mass is 9.99. The van der Waals surface area contributed by atoms with E-state index < -0.39 is 0 Å². The van der Waals surface area contributed by atoms with Crippen LogP contribution in [0.2, 0.25) is 0 Å². The van der Waals surface area contributed by atoms with Crippen LogP contribution in [0, 0.1) is 0 Å². The second-order valence-electron chi connectivity index (χ2n) is 6.22. The average molecular weight is 267 g/mol. The summed E-state index contributed by atoms with van der Waals surface area (Å²) >= 11 is 0. The van der Waals surface area contributed by atoms with E-state index in [1.54, 1.807) is 0 Å². The Balaban J connectivity index is 1.76. The van der Waals surface area contributed by atoms with E-state index in [9.17, 15) is 5.11 Å². The maximum absolute atomic E-state index is 10.6. The van der Waals surface area contributed by atoms with Crippen molar-refractivity contribution >= 4 is 10.8 Å². The fourth-order valence-corrected chi connectivity index (χ4v) is 3.85. The number of aryl methyl sites for hydroxylation is 2. The van der Waals surface area contributed by atoms with Crippen molar-refractivity contribution in [3.63, 3.8) is 0 Å². The summed E-state index contributed by atoms with van der Waals surface area (Å²) in [5.41, 5.74) is 3.95. The molecule has 0 amide bonds. The van der Waals surface area contributed by atoms with Gasteiger partial charge in [0.2, 0.25) is 0 Å². The zero-order chi connectivity index (χ0) is 13.5. The largest absolute Gasteiger partial charge is 0.507 e. The van der Waals surface area contributed by atoms with E-state index in [1.165, 1.54) is 48.9 Å². The molecule has 0 radical (unpaired) electrons. The predicted octanol–water partition coefficient (Wildman–Crippen LogP) is 3.63. The van der Waals surface area contributed by atoms with Crippen molar-refractivity contribution in [1.29, 1.82) is 0 Å². The van der Waals surface area contributed by atoms with E-state index in [0.29, 0.717) is 5.75 Å². The van der Waals surface area contributed by atoms with Gasteiger partial charge in [0.25, 0.3) is 0 Å². The van der Waals surface area contributed by atoms with Crippen LogP contribution in [0.5, 0.6) is 5.75 Å². The van der Waals surface area contributed by atoms with Gasteiger partial charge in [-0.05, 0) is 55.3 Å². The number of benzene rings is 2. The van der Waals surface area contributed by atoms with Gasteiger partial charge in [0.05, 0.1) is 0 Å². The Bertz CT molecular complexity index is 656. The number of rotatable bonds is 2. The molecular weight excluding hydrogens is 246 g/mol. The van der Waals surface area contributed by atoms with Crippen molar-refractivity contribution in [3.8, 4) is 5.75 Å². The van der Waals surface area contributed by atoms with Crippen molar-refractivity contribution in [3.05, 3.63) is 41.0 Å². The van der Waals surface area contributed by atoms with E-state index in [2.05, 4.69) is 29.2 Å². The van der Waals surface area contributed by atoms with Crippen molar-refractivity contribution in [2.45, 2.75) is 38.6 Å². The molecule has 0 atom stereocenters. The molecule has 1 fully saturated rings. The summed E-state index contributed by atoms with van der Waals surface area (Å²) in [6.07, 6.45) is 6.20. The monoisotopic (exact) mass is 267 g/mol. The van der Waals surface area contributed by atoms with Gasteiger partial charge in [-0.25, -0.2) is 0 Å². The lowest BCUT2D eigenvalue weighted by Gasteiger charge is -2.27. The van der Waals surface area contributed by atoms with Gasteiger partial charge in [-0.2, -0.15) is 0 Å². The standard InChI is InChI=1S/C18H21NO/c20-18-15(12-19-9-2-1-3-10-19)11-14-8-7-13-5-4-6-16(18)17(13)14/h4-6,11,20H,1-3,7-10,12H2. The Morgan fingerprint density at radius 2 is 1.80 bits per heavy atom. The Hall–Kier alpha value is -1.54. The molecule has 2 aliphatic rings. The minimum atomic E-state index is 0.512. The minimum absolute atomic E-state index is 0.512. The summed E-state index contributed by atoms with van der Waals surface area (Å²) in [5.74, 6) is 0.512. The van der Waals surface area contributed by atoms with Crippen molar-refractivity contribution in [2.75, 3.05) is 13.1 Å². The summed E-state index contributed by atoms with van der Waals surface area (Å²) in [5, 5.41) is 13.0. The molecular formula is C18H21NO. The predicted molar refractivity (Wildman–Crippen MR) is 82.1 cm³/mol. The Kier molecular flexibility index (Phi) is 2.92. The second kappa shape index (κ2) is 4.78. The third kappa shape index (κ3) is 1.90. The molecule has 4 rings (SSSR count). The molecule has 104 valence electrons. The first-order valence-electron chi connectivity index (χ1n) is 7.80. The van der Waals surface area contributed by atoms with Crippen LogP contribution in [0.15, 0.2) is 24.3 Å². The number of aromatic hydroxyl groups is 1. The quantitative estimate of drug-likeness (QED) is 0.898. The number of phenolic OH excluding ortho intramolecular Hbond substituents is 1. The molecule has 0 spiro atoms. The Labute approximate surface area is 120 Å². The third-order valence-corrected chi connectivity index (χ3v) is 4.89. The molecule has 2 aromatic carbocycles. The zero-order valence-corrected chi connectivity index (χ0v) is 11.9. The van der Waals surface area contributed by atoms with Gasteiger partial charge < -0.3 is 5.11 Å². The van der Waals surface area contributed by atoms with E-state index in [-0.39, 0.29) is 0 Å². The van der Waals surface area contributed by atoms with Crippen molar-refractivity contribution in [1.82, 2.24) is 4.90 Å². The summed E-state index contributed by atoms with van der Waals surface area (Å²) in [4.78, 5) is 2.48. The summed E-state index contributed by atoms with van der Waals surface area (Å²) in [6.45, 7) is 3.25. The first-order valence-corrected chi connectivity index (χ1v) is 7.80. The average Bonchev–Trinajstić information content (AvgIpc) is 2.90. The van der Waals surface area contributed by atoms with Crippen LogP contribution in [0.3, 0.4) is 0 Å². The lowest BCUT2D eigenvalue weighted by Crippen LogP contribution is -2.29. The smallest absolute Gasteiger partial charge is 0.127 e. The third-order valence-electron chi connectivity index (χ3n) is 4.89. The number of nitrogens with zero attached hydrogens (tertiary/aromatic N) is 1. The maximum Gasteiger partial charge on any atom is 0.127 e. The Morgan fingerprint density at radius 1 is 1.00 bits per heavy atom. The molecule has 2 nitrogen and oxygen atoms in total. The van der Waals surface area contributed by atoms with Crippen LogP contribution in [-0.2, 0) is 19.4 Å². The second-order valence-corrected chi connectivity index (χ2v) is 6.22. The molecule has 0 saturated carbocycles. The highest BCUT2D eigenvalue weighted by Gasteiger charge is 2.20. The highest BCUT2D eigenvalue weighted by Crippen LogP contribution is 2.38. The number of hydrogen-bond acceptors (Lipinski definition) is 2. The van der Waals surface area contributed by atoms with Crippen LogP contribution in [0.1, 0.15) is 36.0 Å². The number of hydrogen-bond donors (Lipinski definition) is 1. The summed E-state index contributed by atoms with van der Waals surface area (Å²) in [7, 11) is 0. The number of phenols is 1. The van der Waals surface area contributed by atoms with Gasteiger partial charge in [-0.15, -0.1) is 0 Å². The molecule has 2 aromatic rings. The molecule has 20 heavy (non-hydrogen) atoms. The molecule has 0 bridgehead atoms. The maximum atomic E-state index is 10.6. The normalized spacial score (nSPS) is 18.8. The summed E-state index contributed by atoms with van der Waals surface area (Å²) in [6, 6.07) is 8.60. The van der Waals surface area contributed by atoms with E-state index >= 15 is 0 Å². The topological polar surface area (TPSA) is 23.5 Å². The Morgan fingerprint density at radius 3 is 2.65 bits per heavy atom. The lowest BCUT2D eigenvalue weighted by molar-refractivity contribution is 0.218. The van der Waals surface area contributed by atoms with Crippen LogP contribution in [0.25, 0.3) is 10.8 Å². The van der Waals surface area contributed by atoms with Gasteiger partial charge in [0.15, 0.2) is 0 Å². The van der Waals surface area contributed by atoms with Crippen LogP contribution < -0.4 is 0 Å². The first-order chi connectivity index (χ1) is 9.83. The van der Waals surface area contributed by atoms with Gasteiger partial charge in [-0.3, -0.25) is 4.90 Å². The molecule has 1 heterocycles. The molecule has 0 unspecified atom stereocenters. The van der Waals surface area contributed by atoms with E-state index in [0.717, 1.165) is 30.3 Å². The van der Waals surface area contributed by atoms with E-state index in [4.69, 9.17) is 0 Å². The SMILES string of the molecule is Oc1c(CN2CCCCC2)cc2c3c(cccc13)CC2. The molecule has 2 heteroatoms. The molecule has 0 aromatic heterocycles. The molecule has 1 aliphatic carbocycles.